The van der Waals surface area contributed by atoms with E-state index in [1.165, 1.54) is 0 Å². The van der Waals surface area contributed by atoms with Gasteiger partial charge in [-0.05, 0) is 32.4 Å². The molecule has 0 saturated carbocycles. The van der Waals surface area contributed by atoms with E-state index >= 15 is 0 Å². The molecule has 0 aliphatic carbocycles. The topological polar surface area (TPSA) is 144 Å². The fourth-order valence-corrected chi connectivity index (χ4v) is 4.50. The Kier molecular flexibility index (Phi) is 4.24. The van der Waals surface area contributed by atoms with Crippen molar-refractivity contribution in [3.63, 3.8) is 0 Å². The average molecular weight is 432 g/mol. The summed E-state index contributed by atoms with van der Waals surface area (Å²) in [7, 11) is 1.80. The molecular weight excluding hydrogens is 408 g/mol. The molecule has 32 heavy (non-hydrogen) atoms. The summed E-state index contributed by atoms with van der Waals surface area (Å²) in [6.07, 6.45) is 4.38. The second-order valence-corrected chi connectivity index (χ2v) is 9.13. The molecule has 3 aromatic heterocycles. The lowest BCUT2D eigenvalue weighted by molar-refractivity contribution is 0.0869. The molecule has 1 fully saturated rings. The number of aromatic nitrogens is 6. The van der Waals surface area contributed by atoms with Gasteiger partial charge in [0.1, 0.15) is 17.6 Å². The fraction of sp³-hybridized carbons (Fsp3) is 0.429. The van der Waals surface area contributed by atoms with Gasteiger partial charge in [-0.1, -0.05) is 5.21 Å². The van der Waals surface area contributed by atoms with Crippen LogP contribution in [0, 0.1) is 11.3 Å². The van der Waals surface area contributed by atoms with Gasteiger partial charge in [0.25, 0.3) is 0 Å². The highest BCUT2D eigenvalue weighted by Gasteiger charge is 2.52. The molecule has 1 spiro atoms. The van der Waals surface area contributed by atoms with Crippen LogP contribution < -0.4 is 11.1 Å². The van der Waals surface area contributed by atoms with Crippen molar-refractivity contribution >= 4 is 11.8 Å². The number of nitrogens with one attached hydrogen (secondary N) is 1. The Bertz CT molecular complexity index is 1260. The Morgan fingerprint density at radius 3 is 2.81 bits per heavy atom. The van der Waals surface area contributed by atoms with E-state index in [1.807, 2.05) is 29.5 Å². The van der Waals surface area contributed by atoms with Crippen molar-refractivity contribution in [3.05, 3.63) is 41.5 Å². The van der Waals surface area contributed by atoms with Gasteiger partial charge in [-0.3, -0.25) is 9.36 Å². The van der Waals surface area contributed by atoms with E-state index in [0.29, 0.717) is 24.3 Å². The van der Waals surface area contributed by atoms with Crippen LogP contribution in [0.25, 0.3) is 11.3 Å². The number of nitrogen functional groups attached to an aromatic ring is 1. The highest BCUT2D eigenvalue weighted by Crippen LogP contribution is 2.44. The number of hydrogen-bond acceptors (Lipinski definition) is 7. The quantitative estimate of drug-likeness (QED) is 0.631. The summed E-state index contributed by atoms with van der Waals surface area (Å²) in [5.41, 5.74) is 8.69. The van der Waals surface area contributed by atoms with Crippen LogP contribution in [-0.2, 0) is 24.5 Å². The van der Waals surface area contributed by atoms with Crippen LogP contribution in [0.4, 0.5) is 10.6 Å². The van der Waals surface area contributed by atoms with Gasteiger partial charge in [0.15, 0.2) is 0 Å². The van der Waals surface area contributed by atoms with Crippen molar-refractivity contribution < 1.29 is 4.79 Å². The predicted octanol–water partition coefficient (Wildman–Crippen LogP) is 1.13. The smallest absolute Gasteiger partial charge is 0.318 e. The van der Waals surface area contributed by atoms with Gasteiger partial charge in [-0.2, -0.15) is 10.4 Å². The molecule has 0 unspecified atom stereocenters. The molecule has 5 rings (SSSR count). The first-order chi connectivity index (χ1) is 15.2. The van der Waals surface area contributed by atoms with Crippen molar-refractivity contribution in [2.75, 3.05) is 18.8 Å². The van der Waals surface area contributed by atoms with Crippen LogP contribution in [0.3, 0.4) is 0 Å². The van der Waals surface area contributed by atoms with Crippen LogP contribution >= 0.6 is 0 Å². The third kappa shape index (κ3) is 3.07. The second-order valence-electron chi connectivity index (χ2n) is 9.13. The van der Waals surface area contributed by atoms with Crippen LogP contribution in [0.2, 0.25) is 0 Å². The van der Waals surface area contributed by atoms with Crippen LogP contribution in [0.1, 0.15) is 37.2 Å². The number of likely N-dealkylation sites (tertiary alicyclic amines) is 1. The summed E-state index contributed by atoms with van der Waals surface area (Å²) < 4.78 is 3.62. The van der Waals surface area contributed by atoms with Crippen molar-refractivity contribution in [3.8, 4) is 17.3 Å². The molecule has 0 bridgehead atoms. The Hall–Kier alpha value is -3.94. The number of pyridine rings is 1. The normalized spacial score (nSPS) is 16.5. The number of carbonyl (C=O) groups excluding carboxylic acids is 1. The third-order valence-corrected chi connectivity index (χ3v) is 6.40. The van der Waals surface area contributed by atoms with Gasteiger partial charge in [-0.15, -0.1) is 5.10 Å². The summed E-state index contributed by atoms with van der Waals surface area (Å²) in [6.45, 7) is 5.88. The highest BCUT2D eigenvalue weighted by molar-refractivity contribution is 5.77. The molecule has 164 valence electrons. The van der Waals surface area contributed by atoms with Crippen LogP contribution in [-0.4, -0.2) is 53.8 Å². The highest BCUT2D eigenvalue weighted by atomic mass is 16.2. The number of fused-ring (bicyclic) bond motifs is 2. The number of anilines is 1. The van der Waals surface area contributed by atoms with Crippen molar-refractivity contribution in [1.29, 1.82) is 5.26 Å². The molecular formula is C21H24N10O. The van der Waals surface area contributed by atoms with Crippen molar-refractivity contribution in [2.45, 2.75) is 37.8 Å². The van der Waals surface area contributed by atoms with Crippen molar-refractivity contribution in [2.24, 2.45) is 7.05 Å². The van der Waals surface area contributed by atoms with Gasteiger partial charge in [-0.25, -0.2) is 9.78 Å². The number of nitrogens with two attached hydrogens (primary N) is 1. The van der Waals surface area contributed by atoms with Crippen LogP contribution in [0.5, 0.6) is 0 Å². The molecule has 11 nitrogen and oxygen atoms in total. The van der Waals surface area contributed by atoms with Crippen LogP contribution in [0.15, 0.2) is 24.5 Å². The zero-order valence-electron chi connectivity index (χ0n) is 18.2. The average Bonchev–Trinajstić information content (AvgIpc) is 3.41. The van der Waals surface area contributed by atoms with E-state index < -0.39 is 5.54 Å². The SMILES string of the molecule is Cn1cc(C(C)(C)NC(=O)N2CC3(CCn4nc(-c5cnc(N)c(C#N)c5)cc43)C2)nn1. The number of nitriles is 1. The van der Waals surface area contributed by atoms with E-state index in [0.717, 1.165) is 29.9 Å². The van der Waals surface area contributed by atoms with Gasteiger partial charge >= 0.3 is 6.03 Å². The minimum absolute atomic E-state index is 0.0986. The number of hydrogen-bond donors (Lipinski definition) is 2. The zero-order valence-corrected chi connectivity index (χ0v) is 18.2. The Morgan fingerprint density at radius 2 is 2.12 bits per heavy atom. The summed E-state index contributed by atoms with van der Waals surface area (Å²) in [5.74, 6) is 0.213. The van der Waals surface area contributed by atoms with E-state index in [4.69, 9.17) is 10.8 Å². The fourth-order valence-electron chi connectivity index (χ4n) is 4.50. The number of urea groups is 1. The predicted molar refractivity (Wildman–Crippen MR) is 115 cm³/mol. The molecule has 0 aromatic carbocycles. The molecule has 2 amide bonds. The molecule has 5 heterocycles. The first kappa shape index (κ1) is 20.0. The van der Waals surface area contributed by atoms with E-state index in [2.05, 4.69) is 26.7 Å². The number of amides is 2. The number of aryl methyl sites for hydroxylation is 2. The van der Waals surface area contributed by atoms with Gasteiger partial charge < -0.3 is 16.0 Å². The van der Waals surface area contributed by atoms with Gasteiger partial charge in [0, 0.05) is 49.6 Å². The lowest BCUT2D eigenvalue weighted by Crippen LogP contribution is -2.64. The molecule has 2 aliphatic heterocycles. The summed E-state index contributed by atoms with van der Waals surface area (Å²) in [5, 5.41) is 25.1. The standard InChI is InChI=1S/C21H24N10O/c1-20(2,16-10-29(3)28-26-16)25-19(32)30-11-21(12-30)4-5-31-17(21)7-15(27-31)14-6-13(8-22)18(23)24-9-14/h6-7,9-10H,4-5,11-12H2,1-3H3,(H2,23,24)(H,25,32). The lowest BCUT2D eigenvalue weighted by Gasteiger charge is -2.48. The van der Waals surface area contributed by atoms with Gasteiger partial charge in [0.05, 0.1) is 23.0 Å². The maximum Gasteiger partial charge on any atom is 0.318 e. The Morgan fingerprint density at radius 1 is 1.34 bits per heavy atom. The minimum atomic E-state index is -0.626. The molecule has 11 heteroatoms. The molecule has 3 aromatic rings. The molecule has 3 N–H and O–H groups in total. The van der Waals surface area contributed by atoms with E-state index in [9.17, 15) is 10.1 Å². The molecule has 0 atom stereocenters. The molecule has 1 saturated heterocycles. The first-order valence-corrected chi connectivity index (χ1v) is 10.4. The van der Waals surface area contributed by atoms with Gasteiger partial charge in [0.2, 0.25) is 0 Å². The second kappa shape index (κ2) is 6.78. The molecule has 0 radical (unpaired) electrons. The number of carbonyl (C=O) groups is 1. The Balaban J connectivity index is 1.31. The number of rotatable bonds is 3. The van der Waals surface area contributed by atoms with E-state index in [-0.39, 0.29) is 17.3 Å². The van der Waals surface area contributed by atoms with Crippen molar-refractivity contribution in [1.82, 2.24) is 40.0 Å². The summed E-state index contributed by atoms with van der Waals surface area (Å²) in [6, 6.07) is 5.69. The zero-order chi connectivity index (χ0) is 22.7. The first-order valence-electron chi connectivity index (χ1n) is 10.4. The monoisotopic (exact) mass is 432 g/mol. The maximum atomic E-state index is 12.9. The number of nitrogens with zero attached hydrogens (tertiary/aromatic N) is 8. The maximum absolute atomic E-state index is 12.9. The lowest BCUT2D eigenvalue weighted by atomic mass is 9.76. The molecule has 2 aliphatic rings. The minimum Gasteiger partial charge on any atom is -0.383 e. The summed E-state index contributed by atoms with van der Waals surface area (Å²) >= 11 is 0. The van der Waals surface area contributed by atoms with E-state index in [1.54, 1.807) is 30.2 Å². The Labute approximate surface area is 184 Å². The third-order valence-electron chi connectivity index (χ3n) is 6.40. The summed E-state index contributed by atoms with van der Waals surface area (Å²) in [4.78, 5) is 18.8. The largest absolute Gasteiger partial charge is 0.383 e.